The number of aryl methyl sites for hydroxylation is 2. The van der Waals surface area contributed by atoms with Crippen molar-refractivity contribution in [1.29, 1.82) is 0 Å². The van der Waals surface area contributed by atoms with Crippen molar-refractivity contribution in [3.63, 3.8) is 0 Å². The highest BCUT2D eigenvalue weighted by atomic mass is 127. The first-order chi connectivity index (χ1) is 12.5. The maximum absolute atomic E-state index is 12.1. The van der Waals surface area contributed by atoms with Gasteiger partial charge in [-0.2, -0.15) is 5.10 Å². The maximum Gasteiger partial charge on any atom is 0.191 e. The topological polar surface area (TPSA) is 71.3 Å². The maximum atomic E-state index is 12.1. The van der Waals surface area contributed by atoms with Gasteiger partial charge in [-0.05, 0) is 52.0 Å². The summed E-state index contributed by atoms with van der Waals surface area (Å²) in [5, 5.41) is 11.7. The molecular formula is C19H36IN5OS. The van der Waals surface area contributed by atoms with Gasteiger partial charge < -0.3 is 10.6 Å². The second-order valence-corrected chi connectivity index (χ2v) is 9.09. The zero-order valence-electron chi connectivity index (χ0n) is 17.4. The molecule has 1 aromatic rings. The standard InChI is InChI=1S/C19H35N5OS.HI/c1-6-20-19(21-12-11-18-14(3)23-24(5)15(18)4)22-16-9-8-10-17(13-16)26(25)7-2;/h16-17H,6-13H2,1-5H3,(H2,20,21,22);1H. The monoisotopic (exact) mass is 509 g/mol. The average Bonchev–Trinajstić information content (AvgIpc) is 2.87. The van der Waals surface area contributed by atoms with Crippen molar-refractivity contribution in [1.82, 2.24) is 20.4 Å². The molecule has 3 atom stereocenters. The molecule has 0 aliphatic heterocycles. The summed E-state index contributed by atoms with van der Waals surface area (Å²) < 4.78 is 14.1. The van der Waals surface area contributed by atoms with E-state index < -0.39 is 10.8 Å². The van der Waals surface area contributed by atoms with E-state index in [1.807, 2.05) is 18.7 Å². The van der Waals surface area contributed by atoms with Crippen molar-refractivity contribution in [3.05, 3.63) is 17.0 Å². The van der Waals surface area contributed by atoms with Gasteiger partial charge in [0, 0.05) is 53.7 Å². The van der Waals surface area contributed by atoms with Gasteiger partial charge in [0.05, 0.1) is 5.69 Å². The van der Waals surface area contributed by atoms with Crippen LogP contribution in [0.15, 0.2) is 4.99 Å². The Bertz CT molecular complexity index is 646. The van der Waals surface area contributed by atoms with E-state index in [-0.39, 0.29) is 24.0 Å². The normalized spacial score (nSPS) is 21.4. The van der Waals surface area contributed by atoms with Gasteiger partial charge >= 0.3 is 0 Å². The number of halogens is 1. The van der Waals surface area contributed by atoms with Crippen molar-refractivity contribution in [2.45, 2.75) is 71.1 Å². The lowest BCUT2D eigenvalue weighted by Crippen LogP contribution is -2.46. The van der Waals surface area contributed by atoms with E-state index in [0.29, 0.717) is 11.3 Å². The zero-order chi connectivity index (χ0) is 19.1. The fraction of sp³-hybridized carbons (Fsp3) is 0.789. The summed E-state index contributed by atoms with van der Waals surface area (Å²) in [6.45, 7) is 9.85. The summed E-state index contributed by atoms with van der Waals surface area (Å²) in [7, 11) is 1.29. The minimum atomic E-state index is -0.695. The van der Waals surface area contributed by atoms with Gasteiger partial charge in [0.1, 0.15) is 0 Å². The summed E-state index contributed by atoms with van der Waals surface area (Å²) in [6.07, 6.45) is 5.23. The van der Waals surface area contributed by atoms with Crippen LogP contribution in [0.4, 0.5) is 0 Å². The highest BCUT2D eigenvalue weighted by Gasteiger charge is 2.26. The number of hydrogen-bond donors (Lipinski definition) is 2. The summed E-state index contributed by atoms with van der Waals surface area (Å²) >= 11 is 0. The first-order valence-corrected chi connectivity index (χ1v) is 11.3. The first kappa shape index (κ1) is 24.4. The summed E-state index contributed by atoms with van der Waals surface area (Å²) in [4.78, 5) is 4.77. The van der Waals surface area contributed by atoms with E-state index in [4.69, 9.17) is 4.99 Å². The molecule has 1 aromatic heterocycles. The van der Waals surface area contributed by atoms with E-state index in [2.05, 4.69) is 36.5 Å². The number of nitrogens with zero attached hydrogens (tertiary/aromatic N) is 3. The minimum Gasteiger partial charge on any atom is -0.357 e. The summed E-state index contributed by atoms with van der Waals surface area (Å²) in [6, 6.07) is 0.365. The van der Waals surface area contributed by atoms with Crippen LogP contribution < -0.4 is 10.6 Å². The van der Waals surface area contributed by atoms with Crippen molar-refractivity contribution < 1.29 is 4.21 Å². The lowest BCUT2D eigenvalue weighted by molar-refractivity contribution is 0.413. The van der Waals surface area contributed by atoms with Crippen molar-refractivity contribution in [2.24, 2.45) is 12.0 Å². The fourth-order valence-electron chi connectivity index (χ4n) is 3.72. The van der Waals surface area contributed by atoms with Crippen molar-refractivity contribution in [2.75, 3.05) is 18.8 Å². The molecule has 27 heavy (non-hydrogen) atoms. The van der Waals surface area contributed by atoms with Crippen LogP contribution in [0.1, 0.15) is 56.5 Å². The molecule has 1 aliphatic carbocycles. The van der Waals surface area contributed by atoms with Crippen LogP contribution in [-0.2, 0) is 24.3 Å². The Morgan fingerprint density at radius 2 is 2.07 bits per heavy atom. The van der Waals surface area contributed by atoms with Crippen LogP contribution in [0, 0.1) is 13.8 Å². The predicted octanol–water partition coefficient (Wildman–Crippen LogP) is 2.83. The predicted molar refractivity (Wildman–Crippen MR) is 126 cm³/mol. The number of guanidine groups is 1. The summed E-state index contributed by atoms with van der Waals surface area (Å²) in [5.41, 5.74) is 3.60. The minimum absolute atomic E-state index is 0. The SMILES string of the molecule is CCNC(=NCCc1c(C)nn(C)c1C)NC1CCCC(S(=O)CC)C1.I. The van der Waals surface area contributed by atoms with Crippen LogP contribution >= 0.6 is 24.0 Å². The number of rotatable bonds is 7. The molecule has 1 aliphatic rings. The molecule has 0 amide bonds. The summed E-state index contributed by atoms with van der Waals surface area (Å²) in [5.74, 6) is 1.63. The van der Waals surface area contributed by atoms with Gasteiger partial charge in [0.15, 0.2) is 5.96 Å². The van der Waals surface area contributed by atoms with Crippen LogP contribution in [0.25, 0.3) is 0 Å². The van der Waals surface area contributed by atoms with Crippen molar-refractivity contribution in [3.8, 4) is 0 Å². The molecule has 0 radical (unpaired) electrons. The molecular weight excluding hydrogens is 473 g/mol. The van der Waals surface area contributed by atoms with Gasteiger partial charge in [-0.3, -0.25) is 13.9 Å². The average molecular weight is 510 g/mol. The van der Waals surface area contributed by atoms with Crippen molar-refractivity contribution >= 4 is 40.7 Å². The zero-order valence-corrected chi connectivity index (χ0v) is 20.5. The van der Waals surface area contributed by atoms with E-state index in [1.54, 1.807) is 0 Å². The van der Waals surface area contributed by atoms with Gasteiger partial charge in [-0.1, -0.05) is 13.3 Å². The third-order valence-electron chi connectivity index (χ3n) is 5.26. The third-order valence-corrected chi connectivity index (χ3v) is 7.00. The van der Waals surface area contributed by atoms with E-state index >= 15 is 0 Å². The van der Waals surface area contributed by atoms with Gasteiger partial charge in [0.2, 0.25) is 0 Å². The molecule has 6 nitrogen and oxygen atoms in total. The molecule has 0 aromatic carbocycles. The first-order valence-electron chi connectivity index (χ1n) is 9.87. The third kappa shape index (κ3) is 7.03. The van der Waals surface area contributed by atoms with Gasteiger partial charge in [0.25, 0.3) is 0 Å². The second kappa shape index (κ2) is 12.0. The Morgan fingerprint density at radius 1 is 1.33 bits per heavy atom. The Morgan fingerprint density at radius 3 is 2.67 bits per heavy atom. The lowest BCUT2D eigenvalue weighted by atomic mass is 9.95. The van der Waals surface area contributed by atoms with E-state index in [0.717, 1.165) is 62.6 Å². The lowest BCUT2D eigenvalue weighted by Gasteiger charge is -2.30. The second-order valence-electron chi connectivity index (χ2n) is 7.08. The molecule has 3 unspecified atom stereocenters. The fourth-order valence-corrected chi connectivity index (χ4v) is 5.07. The largest absolute Gasteiger partial charge is 0.357 e. The van der Waals surface area contributed by atoms with Crippen LogP contribution in [0.3, 0.4) is 0 Å². The molecule has 1 fully saturated rings. The highest BCUT2D eigenvalue weighted by Crippen LogP contribution is 2.23. The molecule has 1 heterocycles. The molecule has 156 valence electrons. The number of nitrogens with one attached hydrogen (secondary N) is 2. The van der Waals surface area contributed by atoms with Crippen LogP contribution in [0.2, 0.25) is 0 Å². The number of aromatic nitrogens is 2. The Hall–Kier alpha value is -0.640. The Balaban J connectivity index is 0.00000364. The highest BCUT2D eigenvalue weighted by molar-refractivity contribution is 14.0. The van der Waals surface area contributed by atoms with Crippen LogP contribution in [0.5, 0.6) is 0 Å². The molecule has 2 rings (SSSR count). The molecule has 0 saturated heterocycles. The Labute approximate surface area is 183 Å². The van der Waals surface area contributed by atoms with Gasteiger partial charge in [-0.25, -0.2) is 0 Å². The van der Waals surface area contributed by atoms with E-state index in [9.17, 15) is 4.21 Å². The molecule has 8 heteroatoms. The number of aliphatic imine (C=N–C) groups is 1. The smallest absolute Gasteiger partial charge is 0.191 e. The molecule has 0 spiro atoms. The molecule has 2 N–H and O–H groups in total. The molecule has 1 saturated carbocycles. The molecule has 0 bridgehead atoms. The van der Waals surface area contributed by atoms with E-state index in [1.165, 1.54) is 11.3 Å². The van der Waals surface area contributed by atoms with Gasteiger partial charge in [-0.15, -0.1) is 24.0 Å². The van der Waals surface area contributed by atoms with Crippen LogP contribution in [-0.4, -0.2) is 50.1 Å². The Kier molecular flexibility index (Phi) is 10.9. The quantitative estimate of drug-likeness (QED) is 0.337. The number of hydrogen-bond acceptors (Lipinski definition) is 3.